The van der Waals surface area contributed by atoms with Crippen molar-refractivity contribution in [3.63, 3.8) is 0 Å². The van der Waals surface area contributed by atoms with Crippen molar-refractivity contribution in [2.45, 2.75) is 19.1 Å². The van der Waals surface area contributed by atoms with E-state index in [4.69, 9.17) is 14.2 Å². The maximum Gasteiger partial charge on any atom is 0.257 e. The number of carbonyl (C=O) groups excluding carboxylic acids is 1. The van der Waals surface area contributed by atoms with Gasteiger partial charge in [-0.3, -0.25) is 9.89 Å². The van der Waals surface area contributed by atoms with E-state index in [2.05, 4.69) is 15.5 Å². The summed E-state index contributed by atoms with van der Waals surface area (Å²) in [6, 6.07) is 0. The third kappa shape index (κ3) is 2.75. The minimum atomic E-state index is -0.212. The topological polar surface area (TPSA) is 85.5 Å². The number of aromatic amines is 1. The standard InChI is InChI=1S/C10H15N3O4/c1-6(14)12-7-3-11-13-10(7)17-9-5-16-4-8(9)15-2/h3,8-9H,4-5H2,1-2H3,(H,11,13)(H,12,14)/t8-,9-/m1/s1. The quantitative estimate of drug-likeness (QED) is 0.784. The van der Waals surface area contributed by atoms with Crippen LogP contribution in [0.15, 0.2) is 6.20 Å². The van der Waals surface area contributed by atoms with Crippen molar-refractivity contribution in [1.29, 1.82) is 0 Å². The molecule has 0 saturated carbocycles. The molecule has 2 heterocycles. The molecule has 7 nitrogen and oxygen atoms in total. The molecule has 0 unspecified atom stereocenters. The highest BCUT2D eigenvalue weighted by molar-refractivity contribution is 5.89. The molecule has 1 fully saturated rings. The van der Waals surface area contributed by atoms with Crippen LogP contribution in [-0.4, -0.2) is 48.6 Å². The predicted octanol–water partition coefficient (Wildman–Crippen LogP) is 0.161. The van der Waals surface area contributed by atoms with Gasteiger partial charge in [0.2, 0.25) is 5.91 Å². The minimum absolute atomic E-state index is 0.114. The van der Waals surface area contributed by atoms with E-state index in [0.717, 1.165) is 0 Å². The van der Waals surface area contributed by atoms with Gasteiger partial charge < -0.3 is 19.5 Å². The Morgan fingerprint density at radius 3 is 3.06 bits per heavy atom. The molecule has 0 aliphatic carbocycles. The maximum absolute atomic E-state index is 11.0. The van der Waals surface area contributed by atoms with Crippen molar-refractivity contribution >= 4 is 11.6 Å². The van der Waals surface area contributed by atoms with Gasteiger partial charge in [0.05, 0.1) is 13.2 Å². The van der Waals surface area contributed by atoms with E-state index >= 15 is 0 Å². The first-order valence-electron chi connectivity index (χ1n) is 5.29. The number of nitrogens with one attached hydrogen (secondary N) is 2. The van der Waals surface area contributed by atoms with Gasteiger partial charge in [0.25, 0.3) is 5.88 Å². The van der Waals surface area contributed by atoms with Crippen molar-refractivity contribution < 1.29 is 19.0 Å². The summed E-state index contributed by atoms with van der Waals surface area (Å²) < 4.78 is 16.1. The summed E-state index contributed by atoms with van der Waals surface area (Å²) in [4.78, 5) is 11.0. The Labute approximate surface area is 98.4 Å². The summed E-state index contributed by atoms with van der Waals surface area (Å²) in [5.74, 6) is 0.167. The summed E-state index contributed by atoms with van der Waals surface area (Å²) in [5.41, 5.74) is 0.513. The third-order valence-corrected chi connectivity index (χ3v) is 2.46. The number of nitrogens with zero attached hydrogens (tertiary/aromatic N) is 1. The van der Waals surface area contributed by atoms with Gasteiger partial charge >= 0.3 is 0 Å². The molecule has 1 aromatic rings. The second-order valence-corrected chi connectivity index (χ2v) is 3.75. The Balaban J connectivity index is 2.03. The van der Waals surface area contributed by atoms with E-state index in [1.165, 1.54) is 6.92 Å². The normalized spacial score (nSPS) is 23.6. The first kappa shape index (κ1) is 11.9. The number of anilines is 1. The number of hydrogen-bond donors (Lipinski definition) is 2. The molecule has 0 aromatic carbocycles. The summed E-state index contributed by atoms with van der Waals surface area (Å²) in [7, 11) is 1.61. The van der Waals surface area contributed by atoms with Gasteiger partial charge in [-0.25, -0.2) is 0 Å². The fourth-order valence-electron chi connectivity index (χ4n) is 1.63. The Morgan fingerprint density at radius 2 is 2.35 bits per heavy atom. The lowest BCUT2D eigenvalue weighted by Gasteiger charge is -2.17. The zero-order valence-corrected chi connectivity index (χ0v) is 9.73. The van der Waals surface area contributed by atoms with E-state index in [-0.39, 0.29) is 18.1 Å². The van der Waals surface area contributed by atoms with Gasteiger partial charge in [0, 0.05) is 20.2 Å². The van der Waals surface area contributed by atoms with Crippen LogP contribution >= 0.6 is 0 Å². The lowest BCUT2D eigenvalue weighted by atomic mass is 10.2. The highest BCUT2D eigenvalue weighted by Gasteiger charge is 2.31. The molecule has 0 spiro atoms. The van der Waals surface area contributed by atoms with Crippen molar-refractivity contribution in [1.82, 2.24) is 10.2 Å². The fraction of sp³-hybridized carbons (Fsp3) is 0.600. The monoisotopic (exact) mass is 241 g/mol. The zero-order chi connectivity index (χ0) is 12.3. The van der Waals surface area contributed by atoms with Crippen LogP contribution in [0, 0.1) is 0 Å². The molecule has 7 heteroatoms. The number of ether oxygens (including phenoxy) is 3. The molecular formula is C10H15N3O4. The summed E-state index contributed by atoms with van der Waals surface area (Å²) in [6.45, 7) is 2.37. The average molecular weight is 241 g/mol. The fourth-order valence-corrected chi connectivity index (χ4v) is 1.63. The largest absolute Gasteiger partial charge is 0.466 e. The van der Waals surface area contributed by atoms with Crippen molar-refractivity contribution in [2.75, 3.05) is 25.6 Å². The van der Waals surface area contributed by atoms with Crippen LogP contribution in [-0.2, 0) is 14.3 Å². The lowest BCUT2D eigenvalue weighted by Crippen LogP contribution is -2.32. The smallest absolute Gasteiger partial charge is 0.257 e. The molecule has 1 saturated heterocycles. The van der Waals surface area contributed by atoms with Gasteiger partial charge in [0.1, 0.15) is 11.8 Å². The van der Waals surface area contributed by atoms with E-state index < -0.39 is 0 Å². The molecule has 2 N–H and O–H groups in total. The van der Waals surface area contributed by atoms with E-state index in [1.807, 2.05) is 0 Å². The number of hydrogen-bond acceptors (Lipinski definition) is 5. The average Bonchev–Trinajstić information content (AvgIpc) is 2.88. The Morgan fingerprint density at radius 1 is 1.59 bits per heavy atom. The molecule has 1 aliphatic heterocycles. The SMILES string of the molecule is CO[C@@H]1COC[C@H]1Oc1n[nH]cc1NC(C)=O. The highest BCUT2D eigenvalue weighted by atomic mass is 16.6. The Kier molecular flexibility index (Phi) is 3.60. The molecule has 1 amide bonds. The number of H-pyrrole nitrogens is 1. The molecule has 1 aliphatic rings. The van der Waals surface area contributed by atoms with E-state index in [9.17, 15) is 4.79 Å². The van der Waals surface area contributed by atoms with Crippen molar-refractivity contribution in [3.05, 3.63) is 6.20 Å². The predicted molar refractivity (Wildman–Crippen MR) is 58.9 cm³/mol. The molecular weight excluding hydrogens is 226 g/mol. The van der Waals surface area contributed by atoms with Crippen LogP contribution in [0.5, 0.6) is 5.88 Å². The van der Waals surface area contributed by atoms with E-state index in [1.54, 1.807) is 13.3 Å². The van der Waals surface area contributed by atoms with Gasteiger partial charge in [-0.2, -0.15) is 0 Å². The summed E-state index contributed by atoms with van der Waals surface area (Å²) in [5, 5.41) is 9.19. The Bertz CT molecular complexity index is 393. The third-order valence-electron chi connectivity index (χ3n) is 2.46. The van der Waals surface area contributed by atoms with Crippen molar-refractivity contribution in [3.8, 4) is 5.88 Å². The first-order chi connectivity index (χ1) is 8.20. The number of amides is 1. The van der Waals surface area contributed by atoms with Crippen LogP contribution in [0.2, 0.25) is 0 Å². The van der Waals surface area contributed by atoms with Crippen molar-refractivity contribution in [2.24, 2.45) is 0 Å². The lowest BCUT2D eigenvalue weighted by molar-refractivity contribution is -0.114. The Hall–Kier alpha value is -1.60. The maximum atomic E-state index is 11.0. The van der Waals surface area contributed by atoms with E-state index in [0.29, 0.717) is 24.8 Å². The zero-order valence-electron chi connectivity index (χ0n) is 9.73. The second kappa shape index (κ2) is 5.15. The number of carbonyl (C=O) groups is 1. The summed E-state index contributed by atoms with van der Waals surface area (Å²) in [6.07, 6.45) is 1.24. The number of aromatic nitrogens is 2. The van der Waals surface area contributed by atoms with Crippen LogP contribution in [0.25, 0.3) is 0 Å². The second-order valence-electron chi connectivity index (χ2n) is 3.75. The first-order valence-corrected chi connectivity index (χ1v) is 5.29. The molecule has 2 atom stereocenters. The van der Waals surface area contributed by atoms with Gasteiger partial charge in [-0.15, -0.1) is 5.10 Å². The molecule has 1 aromatic heterocycles. The van der Waals surface area contributed by atoms with Gasteiger partial charge in [-0.05, 0) is 0 Å². The highest BCUT2D eigenvalue weighted by Crippen LogP contribution is 2.24. The van der Waals surface area contributed by atoms with Crippen LogP contribution < -0.4 is 10.1 Å². The summed E-state index contributed by atoms with van der Waals surface area (Å²) >= 11 is 0. The molecule has 94 valence electrons. The van der Waals surface area contributed by atoms with Crippen LogP contribution in [0.3, 0.4) is 0 Å². The van der Waals surface area contributed by atoms with Gasteiger partial charge in [-0.1, -0.05) is 0 Å². The molecule has 2 rings (SSSR count). The minimum Gasteiger partial charge on any atom is -0.466 e. The number of methoxy groups -OCH3 is 1. The molecule has 17 heavy (non-hydrogen) atoms. The number of rotatable bonds is 4. The van der Waals surface area contributed by atoms with Crippen LogP contribution in [0.4, 0.5) is 5.69 Å². The van der Waals surface area contributed by atoms with Gasteiger partial charge in [0.15, 0.2) is 6.10 Å². The van der Waals surface area contributed by atoms with Crippen LogP contribution in [0.1, 0.15) is 6.92 Å². The molecule has 0 radical (unpaired) electrons. The molecule has 0 bridgehead atoms.